The van der Waals surface area contributed by atoms with E-state index in [2.05, 4.69) is 27.2 Å². The zero-order valence-corrected chi connectivity index (χ0v) is 9.69. The number of carbonyl (C=O) groups excluding carboxylic acids is 1. The minimum atomic E-state index is -0.331. The number of nitrogens with one attached hydrogen (secondary N) is 1. The molecule has 1 atom stereocenters. The van der Waals surface area contributed by atoms with Crippen molar-refractivity contribution in [3.63, 3.8) is 0 Å². The lowest BCUT2D eigenvalue weighted by atomic mass is 10.1. The number of nitrogen functional groups attached to an aromatic ring is 1. The number of hydrogen-bond donors (Lipinski definition) is 2. The van der Waals surface area contributed by atoms with Crippen molar-refractivity contribution in [1.82, 2.24) is 15.6 Å². The highest BCUT2D eigenvalue weighted by Gasteiger charge is 2.17. The highest BCUT2D eigenvalue weighted by Crippen LogP contribution is 2.06. The summed E-state index contributed by atoms with van der Waals surface area (Å²) < 4.78 is 4.36. The van der Waals surface area contributed by atoms with Crippen LogP contribution < -0.4 is 11.1 Å². The van der Waals surface area contributed by atoms with Crippen molar-refractivity contribution in [3.8, 4) is 0 Å². The smallest absolute Gasteiger partial charge is 0.277 e. The maximum absolute atomic E-state index is 11.6. The second kappa shape index (κ2) is 6.09. The predicted octanol–water partition coefficient (Wildman–Crippen LogP) is 1.35. The lowest BCUT2D eigenvalue weighted by Crippen LogP contribution is -2.33. The summed E-state index contributed by atoms with van der Waals surface area (Å²) in [5.41, 5.74) is 5.47. The van der Waals surface area contributed by atoms with Crippen molar-refractivity contribution in [2.75, 3.05) is 5.73 Å². The minimum Gasteiger partial charge on any atom is -0.379 e. The summed E-state index contributed by atoms with van der Waals surface area (Å²) in [6.07, 6.45) is 4.39. The highest BCUT2D eigenvalue weighted by atomic mass is 16.6. The largest absolute Gasteiger partial charge is 0.379 e. The number of rotatable bonds is 6. The van der Waals surface area contributed by atoms with E-state index in [-0.39, 0.29) is 23.5 Å². The normalized spacial score (nSPS) is 12.4. The Morgan fingerprint density at radius 2 is 2.25 bits per heavy atom. The molecule has 0 fully saturated rings. The van der Waals surface area contributed by atoms with E-state index in [0.717, 1.165) is 12.8 Å². The van der Waals surface area contributed by atoms with Gasteiger partial charge in [-0.1, -0.05) is 26.2 Å². The lowest BCUT2D eigenvalue weighted by Gasteiger charge is -2.12. The van der Waals surface area contributed by atoms with E-state index in [4.69, 9.17) is 5.73 Å². The quantitative estimate of drug-likeness (QED) is 0.714. The Bertz CT molecular complexity index is 337. The van der Waals surface area contributed by atoms with Crippen LogP contribution in [0.3, 0.4) is 0 Å². The molecule has 1 unspecified atom stereocenters. The fourth-order valence-corrected chi connectivity index (χ4v) is 1.42. The van der Waals surface area contributed by atoms with Gasteiger partial charge in [-0.2, -0.15) is 0 Å². The average molecular weight is 226 g/mol. The van der Waals surface area contributed by atoms with Crippen LogP contribution in [-0.4, -0.2) is 22.3 Å². The first kappa shape index (κ1) is 12.5. The molecule has 1 amide bonds. The molecule has 1 heterocycles. The first-order valence-electron chi connectivity index (χ1n) is 5.54. The van der Waals surface area contributed by atoms with Crippen LogP contribution in [0.25, 0.3) is 0 Å². The van der Waals surface area contributed by atoms with Crippen molar-refractivity contribution in [2.24, 2.45) is 0 Å². The van der Waals surface area contributed by atoms with Crippen LogP contribution in [0.4, 0.5) is 5.82 Å². The topological polar surface area (TPSA) is 94.0 Å². The van der Waals surface area contributed by atoms with Gasteiger partial charge in [-0.25, -0.2) is 4.63 Å². The molecule has 6 heteroatoms. The molecule has 16 heavy (non-hydrogen) atoms. The van der Waals surface area contributed by atoms with Gasteiger partial charge in [0.15, 0.2) is 0 Å². The molecule has 90 valence electrons. The highest BCUT2D eigenvalue weighted by molar-refractivity contribution is 5.96. The number of carbonyl (C=O) groups is 1. The van der Waals surface area contributed by atoms with Crippen LogP contribution in [0.1, 0.15) is 50.0 Å². The van der Waals surface area contributed by atoms with E-state index in [9.17, 15) is 4.79 Å². The summed E-state index contributed by atoms with van der Waals surface area (Å²) in [6, 6.07) is 0.107. The third-order valence-electron chi connectivity index (χ3n) is 2.35. The predicted molar refractivity (Wildman–Crippen MR) is 59.8 cm³/mol. The maximum Gasteiger partial charge on any atom is 0.277 e. The van der Waals surface area contributed by atoms with Crippen LogP contribution in [0.15, 0.2) is 4.63 Å². The second-order valence-corrected chi connectivity index (χ2v) is 3.87. The minimum absolute atomic E-state index is 0.0262. The van der Waals surface area contributed by atoms with Crippen molar-refractivity contribution >= 4 is 11.7 Å². The van der Waals surface area contributed by atoms with Crippen LogP contribution in [0.5, 0.6) is 0 Å². The molecular formula is C10H18N4O2. The van der Waals surface area contributed by atoms with E-state index >= 15 is 0 Å². The van der Waals surface area contributed by atoms with Crippen molar-refractivity contribution < 1.29 is 9.42 Å². The number of aromatic nitrogens is 2. The summed E-state index contributed by atoms with van der Waals surface area (Å²) in [5, 5.41) is 9.59. The number of nitrogens with two attached hydrogens (primary N) is 1. The molecule has 6 nitrogen and oxygen atoms in total. The fraction of sp³-hybridized carbons (Fsp3) is 0.700. The van der Waals surface area contributed by atoms with E-state index in [1.54, 1.807) is 0 Å². The Kier molecular flexibility index (Phi) is 4.75. The Morgan fingerprint density at radius 1 is 1.50 bits per heavy atom. The van der Waals surface area contributed by atoms with Gasteiger partial charge in [-0.05, 0) is 23.7 Å². The van der Waals surface area contributed by atoms with Gasteiger partial charge >= 0.3 is 0 Å². The first-order chi connectivity index (χ1) is 7.65. The molecule has 1 aromatic heterocycles. The summed E-state index contributed by atoms with van der Waals surface area (Å²) in [4.78, 5) is 11.6. The Morgan fingerprint density at radius 3 is 2.81 bits per heavy atom. The van der Waals surface area contributed by atoms with E-state index in [1.165, 1.54) is 12.8 Å². The summed E-state index contributed by atoms with van der Waals surface area (Å²) >= 11 is 0. The Balaban J connectivity index is 2.37. The fourth-order valence-electron chi connectivity index (χ4n) is 1.42. The van der Waals surface area contributed by atoms with E-state index < -0.39 is 0 Å². The zero-order valence-electron chi connectivity index (χ0n) is 9.69. The van der Waals surface area contributed by atoms with Crippen LogP contribution >= 0.6 is 0 Å². The standard InChI is InChI=1S/C10H18N4O2/c1-3-4-5-6-7(2)12-10(15)8-9(11)14-16-13-8/h7H,3-6H2,1-2H3,(H2,11,14)(H,12,15). The third-order valence-corrected chi connectivity index (χ3v) is 2.35. The van der Waals surface area contributed by atoms with Gasteiger partial charge in [0.2, 0.25) is 11.5 Å². The SMILES string of the molecule is CCCCCC(C)NC(=O)c1nonc1N. The van der Waals surface area contributed by atoms with Crippen LogP contribution in [-0.2, 0) is 0 Å². The third kappa shape index (κ3) is 3.52. The zero-order chi connectivity index (χ0) is 12.0. The van der Waals surface area contributed by atoms with Gasteiger partial charge in [-0.3, -0.25) is 4.79 Å². The van der Waals surface area contributed by atoms with Crippen LogP contribution in [0, 0.1) is 0 Å². The number of hydrogen-bond acceptors (Lipinski definition) is 5. The van der Waals surface area contributed by atoms with Gasteiger partial charge in [0.1, 0.15) is 0 Å². The lowest BCUT2D eigenvalue weighted by molar-refractivity contribution is 0.0928. The molecule has 0 aliphatic heterocycles. The van der Waals surface area contributed by atoms with Crippen molar-refractivity contribution in [1.29, 1.82) is 0 Å². The average Bonchev–Trinajstić information content (AvgIpc) is 2.65. The molecule has 0 radical (unpaired) electrons. The molecule has 0 saturated carbocycles. The number of amides is 1. The van der Waals surface area contributed by atoms with Crippen molar-refractivity contribution in [2.45, 2.75) is 45.6 Å². The van der Waals surface area contributed by atoms with Crippen molar-refractivity contribution in [3.05, 3.63) is 5.69 Å². The first-order valence-corrected chi connectivity index (χ1v) is 5.54. The number of nitrogens with zero attached hydrogens (tertiary/aromatic N) is 2. The molecule has 1 aromatic rings. The van der Waals surface area contributed by atoms with E-state index in [1.807, 2.05) is 6.92 Å². The van der Waals surface area contributed by atoms with E-state index in [0.29, 0.717) is 0 Å². The summed E-state index contributed by atoms with van der Waals surface area (Å²) in [5.74, 6) is -0.305. The molecule has 0 spiro atoms. The summed E-state index contributed by atoms with van der Waals surface area (Å²) in [6.45, 7) is 4.10. The number of anilines is 1. The van der Waals surface area contributed by atoms with Gasteiger partial charge in [0.05, 0.1) is 0 Å². The molecular weight excluding hydrogens is 208 g/mol. The molecule has 0 aliphatic carbocycles. The molecule has 0 bridgehead atoms. The molecule has 0 saturated heterocycles. The Labute approximate surface area is 94.5 Å². The Hall–Kier alpha value is -1.59. The number of unbranched alkanes of at least 4 members (excludes halogenated alkanes) is 2. The van der Waals surface area contributed by atoms with Gasteiger partial charge in [0, 0.05) is 6.04 Å². The van der Waals surface area contributed by atoms with Gasteiger partial charge in [-0.15, -0.1) is 0 Å². The molecule has 3 N–H and O–H groups in total. The summed E-state index contributed by atoms with van der Waals surface area (Å²) in [7, 11) is 0. The van der Waals surface area contributed by atoms with Crippen LogP contribution in [0.2, 0.25) is 0 Å². The van der Waals surface area contributed by atoms with Gasteiger partial charge in [0.25, 0.3) is 5.91 Å². The maximum atomic E-state index is 11.6. The second-order valence-electron chi connectivity index (χ2n) is 3.87. The molecule has 0 aromatic carbocycles. The van der Waals surface area contributed by atoms with Gasteiger partial charge < -0.3 is 11.1 Å². The molecule has 1 rings (SSSR count). The molecule has 0 aliphatic rings. The monoisotopic (exact) mass is 226 g/mol.